The van der Waals surface area contributed by atoms with E-state index >= 15 is 0 Å². The minimum Gasteiger partial charge on any atom is -0.331 e. The van der Waals surface area contributed by atoms with Gasteiger partial charge >= 0.3 is 6.03 Å². The number of amides is 3. The number of thiocarbonyl (C=S) groups is 1. The number of benzene rings is 2. The minimum atomic E-state index is -0.978. The molecule has 1 atom stereocenters. The molecule has 0 bridgehead atoms. The van der Waals surface area contributed by atoms with Gasteiger partial charge in [0.2, 0.25) is 0 Å². The quantitative estimate of drug-likeness (QED) is 0.497. The fraction of sp³-hybridized carbons (Fsp3) is 0.318. The van der Waals surface area contributed by atoms with Gasteiger partial charge in [-0.1, -0.05) is 56.3 Å². The molecule has 1 aliphatic heterocycles. The third-order valence-corrected chi connectivity index (χ3v) is 5.26. The summed E-state index contributed by atoms with van der Waals surface area (Å²) in [5.41, 5.74) is 4.85. The van der Waals surface area contributed by atoms with Crippen LogP contribution in [0.2, 0.25) is 0 Å². The number of anilines is 1. The number of carbonyl (C=O) groups excluding carboxylic acids is 2. The minimum absolute atomic E-state index is 0.179. The topological polar surface area (TPSA) is 73.5 Å². The van der Waals surface area contributed by atoms with Crippen molar-refractivity contribution < 1.29 is 9.59 Å². The van der Waals surface area contributed by atoms with E-state index in [4.69, 9.17) is 12.2 Å². The van der Waals surface area contributed by atoms with Crippen LogP contribution in [0.5, 0.6) is 0 Å². The number of hydrogen-bond acceptors (Lipinski definition) is 3. The summed E-state index contributed by atoms with van der Waals surface area (Å²) in [5, 5.41) is 6.91. The average molecular weight is 411 g/mol. The number of carbonyl (C=O) groups is 2. The van der Waals surface area contributed by atoms with Crippen LogP contribution in [0.1, 0.15) is 44.2 Å². The molecule has 1 fully saturated rings. The van der Waals surface area contributed by atoms with Crippen molar-refractivity contribution in [3.8, 4) is 0 Å². The van der Waals surface area contributed by atoms with Crippen molar-refractivity contribution in [1.82, 2.24) is 15.8 Å². The number of aryl methyl sites for hydroxylation is 1. The lowest BCUT2D eigenvalue weighted by Gasteiger charge is -2.22. The highest BCUT2D eigenvalue weighted by atomic mass is 32.1. The zero-order valence-electron chi connectivity index (χ0n) is 16.9. The van der Waals surface area contributed by atoms with Crippen LogP contribution < -0.4 is 16.1 Å². The van der Waals surface area contributed by atoms with Crippen LogP contribution in [0.4, 0.5) is 10.5 Å². The predicted molar refractivity (Wildman–Crippen MR) is 118 cm³/mol. The molecule has 0 unspecified atom stereocenters. The Morgan fingerprint density at radius 2 is 1.76 bits per heavy atom. The molecule has 0 saturated carbocycles. The van der Waals surface area contributed by atoms with Crippen molar-refractivity contribution >= 4 is 35.0 Å². The molecule has 3 N–H and O–H groups in total. The Balaban J connectivity index is 1.59. The van der Waals surface area contributed by atoms with E-state index in [0.29, 0.717) is 18.8 Å². The fourth-order valence-corrected chi connectivity index (χ4v) is 3.42. The standard InChI is InChI=1S/C22H26N4O2S/c1-15(2)17-9-11-18(12-10-17)23-20(29)25-26-19(27)22(3,24-21(26)28)14-13-16-7-5-4-6-8-16/h4-12,15H,13-14H2,1-3H3,(H,24,28)(H2,23,25,29)/t22-/m1/s1. The molecule has 1 saturated heterocycles. The second-order valence-corrected chi connectivity index (χ2v) is 8.14. The highest BCUT2D eigenvalue weighted by Crippen LogP contribution is 2.22. The van der Waals surface area contributed by atoms with E-state index in [9.17, 15) is 9.59 Å². The molecular weight excluding hydrogens is 384 g/mol. The molecule has 3 amide bonds. The van der Waals surface area contributed by atoms with E-state index in [1.165, 1.54) is 5.56 Å². The third kappa shape index (κ3) is 4.92. The molecule has 29 heavy (non-hydrogen) atoms. The van der Waals surface area contributed by atoms with Gasteiger partial charge in [0, 0.05) is 5.69 Å². The van der Waals surface area contributed by atoms with Crippen LogP contribution in [0, 0.1) is 0 Å². The fourth-order valence-electron chi connectivity index (χ4n) is 3.21. The highest BCUT2D eigenvalue weighted by molar-refractivity contribution is 7.80. The Bertz CT molecular complexity index is 899. The van der Waals surface area contributed by atoms with Crippen LogP contribution in [-0.2, 0) is 11.2 Å². The molecule has 2 aromatic carbocycles. The first-order valence-electron chi connectivity index (χ1n) is 9.67. The lowest BCUT2D eigenvalue weighted by molar-refractivity contribution is -0.132. The zero-order chi connectivity index (χ0) is 21.0. The second kappa shape index (κ2) is 8.61. The molecular formula is C22H26N4O2S. The molecule has 0 aromatic heterocycles. The molecule has 0 spiro atoms. The molecule has 0 radical (unpaired) electrons. The molecule has 0 aliphatic carbocycles. The Hall–Kier alpha value is -2.93. The van der Waals surface area contributed by atoms with Crippen molar-refractivity contribution in [2.45, 2.75) is 45.1 Å². The summed E-state index contributed by atoms with van der Waals surface area (Å²) in [7, 11) is 0. The summed E-state index contributed by atoms with van der Waals surface area (Å²) in [6.07, 6.45) is 1.18. The molecule has 7 heteroatoms. The van der Waals surface area contributed by atoms with Crippen LogP contribution in [0.25, 0.3) is 0 Å². The van der Waals surface area contributed by atoms with Crippen molar-refractivity contribution in [3.05, 3.63) is 65.7 Å². The van der Waals surface area contributed by atoms with Crippen molar-refractivity contribution in [2.24, 2.45) is 0 Å². The summed E-state index contributed by atoms with van der Waals surface area (Å²) in [6.45, 7) is 5.99. The lowest BCUT2D eigenvalue weighted by Crippen LogP contribution is -2.50. The number of imide groups is 1. The summed E-state index contributed by atoms with van der Waals surface area (Å²) >= 11 is 5.28. The predicted octanol–water partition coefficient (Wildman–Crippen LogP) is 3.95. The van der Waals surface area contributed by atoms with Crippen LogP contribution in [0.15, 0.2) is 54.6 Å². The van der Waals surface area contributed by atoms with Gasteiger partial charge in [-0.25, -0.2) is 4.79 Å². The first-order valence-corrected chi connectivity index (χ1v) is 10.1. The monoisotopic (exact) mass is 410 g/mol. The summed E-state index contributed by atoms with van der Waals surface area (Å²) in [5.74, 6) is 0.0892. The summed E-state index contributed by atoms with van der Waals surface area (Å²) < 4.78 is 0. The lowest BCUT2D eigenvalue weighted by atomic mass is 9.93. The van der Waals surface area contributed by atoms with Crippen molar-refractivity contribution in [3.63, 3.8) is 0 Å². The highest BCUT2D eigenvalue weighted by Gasteiger charge is 2.48. The van der Waals surface area contributed by atoms with Gasteiger partial charge in [0.05, 0.1) is 0 Å². The van der Waals surface area contributed by atoms with Gasteiger partial charge in [-0.3, -0.25) is 10.2 Å². The third-order valence-electron chi connectivity index (χ3n) is 5.07. The van der Waals surface area contributed by atoms with Gasteiger partial charge in [0.15, 0.2) is 5.11 Å². The zero-order valence-corrected chi connectivity index (χ0v) is 17.7. The number of hydrazine groups is 1. The second-order valence-electron chi connectivity index (χ2n) is 7.73. The first kappa shape index (κ1) is 20.8. The summed E-state index contributed by atoms with van der Waals surface area (Å²) in [6, 6.07) is 17.2. The Kier molecular flexibility index (Phi) is 6.17. The van der Waals surface area contributed by atoms with Crippen LogP contribution in [-0.4, -0.2) is 27.6 Å². The molecule has 152 valence electrons. The van der Waals surface area contributed by atoms with E-state index < -0.39 is 11.6 Å². The van der Waals surface area contributed by atoms with Crippen LogP contribution >= 0.6 is 12.2 Å². The maximum Gasteiger partial charge on any atom is 0.344 e. The molecule has 3 rings (SSSR count). The van der Waals surface area contributed by atoms with Crippen LogP contribution in [0.3, 0.4) is 0 Å². The maximum atomic E-state index is 12.9. The van der Waals surface area contributed by atoms with Gasteiger partial charge in [-0.2, -0.15) is 5.01 Å². The van der Waals surface area contributed by atoms with Gasteiger partial charge in [-0.05, 0) is 61.2 Å². The Morgan fingerprint density at radius 3 is 2.38 bits per heavy atom. The molecule has 2 aromatic rings. The number of urea groups is 1. The van der Waals surface area contributed by atoms with Gasteiger partial charge < -0.3 is 10.6 Å². The first-order chi connectivity index (χ1) is 13.8. The Labute approximate surface area is 176 Å². The van der Waals surface area contributed by atoms with Gasteiger partial charge in [0.1, 0.15) is 5.54 Å². The Morgan fingerprint density at radius 1 is 1.10 bits per heavy atom. The van der Waals surface area contributed by atoms with E-state index in [-0.39, 0.29) is 11.0 Å². The normalized spacial score (nSPS) is 18.7. The molecule has 6 nitrogen and oxygen atoms in total. The van der Waals surface area contributed by atoms with E-state index in [1.807, 2.05) is 54.6 Å². The number of rotatable bonds is 6. The van der Waals surface area contributed by atoms with Crippen molar-refractivity contribution in [2.75, 3.05) is 5.32 Å². The average Bonchev–Trinajstić information content (AvgIpc) is 2.91. The largest absolute Gasteiger partial charge is 0.344 e. The van der Waals surface area contributed by atoms with E-state index in [2.05, 4.69) is 29.9 Å². The summed E-state index contributed by atoms with van der Waals surface area (Å²) in [4.78, 5) is 25.2. The number of nitrogens with zero attached hydrogens (tertiary/aromatic N) is 1. The van der Waals surface area contributed by atoms with E-state index in [1.54, 1.807) is 6.92 Å². The molecule has 1 aliphatic rings. The number of hydrogen-bond donors (Lipinski definition) is 3. The molecule has 1 heterocycles. The maximum absolute atomic E-state index is 12.9. The SMILES string of the molecule is CC(C)c1ccc(NC(=S)NN2C(=O)N[C@](C)(CCc3ccccc3)C2=O)cc1. The van der Waals surface area contributed by atoms with Gasteiger partial charge in [0.25, 0.3) is 5.91 Å². The number of nitrogens with one attached hydrogen (secondary N) is 3. The smallest absolute Gasteiger partial charge is 0.331 e. The van der Waals surface area contributed by atoms with Gasteiger partial charge in [-0.15, -0.1) is 0 Å². The van der Waals surface area contributed by atoms with E-state index in [0.717, 1.165) is 16.3 Å². The van der Waals surface area contributed by atoms with Crippen molar-refractivity contribution in [1.29, 1.82) is 0 Å².